The molecule has 15 heteroatoms. The number of hydrogen-bond acceptors (Lipinski definition) is 11. The first-order valence-electron chi connectivity index (χ1n) is 14.7. The van der Waals surface area contributed by atoms with Gasteiger partial charge >= 0.3 is 21.5 Å². The van der Waals surface area contributed by atoms with E-state index < -0.39 is 44.7 Å². The number of non-ortho nitro benzene ring substituents is 1. The summed E-state index contributed by atoms with van der Waals surface area (Å²) in [5.41, 5.74) is -0.0762. The first-order chi connectivity index (χ1) is 22.8. The van der Waals surface area contributed by atoms with Crippen molar-refractivity contribution in [3.05, 3.63) is 137 Å². The van der Waals surface area contributed by atoms with Crippen LogP contribution in [0.4, 0.5) is 5.69 Å². The van der Waals surface area contributed by atoms with Gasteiger partial charge in [0.1, 0.15) is 29.7 Å². The highest BCUT2D eigenvalue weighted by Crippen LogP contribution is 2.54. The lowest BCUT2D eigenvalue weighted by Crippen LogP contribution is -2.39. The largest absolute Gasteiger partial charge is 0.513 e. The number of carbonyl (C=O) groups is 1. The molecule has 0 bridgehead atoms. The molecule has 0 saturated heterocycles. The van der Waals surface area contributed by atoms with Crippen molar-refractivity contribution in [1.82, 2.24) is 5.09 Å². The summed E-state index contributed by atoms with van der Waals surface area (Å²) in [5.74, 6) is -0.697. The van der Waals surface area contributed by atoms with Gasteiger partial charge in [0.05, 0.1) is 18.1 Å². The molecular formula is C33H36N2O11P2. The fraction of sp³-hybridized carbons (Fsp3) is 0.242. The zero-order valence-electron chi connectivity index (χ0n) is 26.5. The number of nitro benzene ring substituents is 1. The van der Waals surface area contributed by atoms with E-state index in [0.29, 0.717) is 0 Å². The molecule has 254 valence electrons. The second kappa shape index (κ2) is 16.7. The number of nitro groups is 1. The maximum atomic E-state index is 13.9. The molecule has 0 aromatic heterocycles. The molecule has 0 amide bonds. The summed E-state index contributed by atoms with van der Waals surface area (Å²) in [4.78, 5) is 23.5. The van der Waals surface area contributed by atoms with Crippen molar-refractivity contribution in [2.75, 3.05) is 6.61 Å². The molecule has 0 aliphatic heterocycles. The van der Waals surface area contributed by atoms with Crippen LogP contribution in [0.5, 0.6) is 11.5 Å². The highest BCUT2D eigenvalue weighted by atomic mass is 31.2. The Labute approximate surface area is 278 Å². The number of esters is 1. The molecule has 0 spiro atoms. The van der Waals surface area contributed by atoms with Gasteiger partial charge in [0, 0.05) is 12.1 Å². The van der Waals surface area contributed by atoms with E-state index in [-0.39, 0.29) is 30.4 Å². The quantitative estimate of drug-likeness (QED) is 0.0462. The monoisotopic (exact) mass is 698 g/mol. The van der Waals surface area contributed by atoms with E-state index in [0.717, 1.165) is 11.1 Å². The van der Waals surface area contributed by atoms with E-state index in [1.54, 1.807) is 56.3 Å². The van der Waals surface area contributed by atoms with Crippen LogP contribution in [0.25, 0.3) is 0 Å². The number of phosphoric ester groups is 1. The fourth-order valence-electron chi connectivity index (χ4n) is 3.99. The Kier molecular flexibility index (Phi) is 12.7. The van der Waals surface area contributed by atoms with Crippen molar-refractivity contribution in [3.63, 3.8) is 0 Å². The minimum absolute atomic E-state index is 0.00998. The molecule has 4 aromatic carbocycles. The Morgan fingerprint density at radius 2 is 1.23 bits per heavy atom. The van der Waals surface area contributed by atoms with Crippen molar-refractivity contribution in [2.45, 2.75) is 45.6 Å². The highest BCUT2D eigenvalue weighted by molar-refractivity contribution is 7.52. The van der Waals surface area contributed by atoms with Crippen LogP contribution in [-0.2, 0) is 45.4 Å². The van der Waals surface area contributed by atoms with Crippen LogP contribution < -0.4 is 14.1 Å². The first kappa shape index (κ1) is 36.5. The standard InChI is InChI=1S/C33H36N2O11P2/c1-26(34-47(39,44-30-17-11-6-12-18-30)45-31-21-19-29(20-22-31)35(37)38)32(36)41-25-33(2,3)46-48(40,42-23-27-13-7-4-8-14-27)43-24-28-15-9-5-10-16-28/h4-22,26H,23-25H2,1-3H3,(H,34,39)/t26-,47?/m0/s1. The highest BCUT2D eigenvalue weighted by Gasteiger charge is 2.38. The number of hydrogen-bond donors (Lipinski definition) is 1. The summed E-state index contributed by atoms with van der Waals surface area (Å²) in [6.07, 6.45) is 0. The summed E-state index contributed by atoms with van der Waals surface area (Å²) in [5, 5.41) is 13.6. The van der Waals surface area contributed by atoms with E-state index in [9.17, 15) is 24.0 Å². The number of para-hydroxylation sites is 1. The summed E-state index contributed by atoms with van der Waals surface area (Å²) in [7, 11) is -8.53. The van der Waals surface area contributed by atoms with Crippen molar-refractivity contribution < 1.29 is 46.2 Å². The van der Waals surface area contributed by atoms with E-state index in [2.05, 4.69) is 5.09 Å². The summed E-state index contributed by atoms with van der Waals surface area (Å²) >= 11 is 0. The Morgan fingerprint density at radius 3 is 1.71 bits per heavy atom. The molecule has 13 nitrogen and oxygen atoms in total. The molecule has 0 aliphatic carbocycles. The molecule has 1 N–H and O–H groups in total. The van der Waals surface area contributed by atoms with Crippen molar-refractivity contribution in [1.29, 1.82) is 0 Å². The second-order valence-electron chi connectivity index (χ2n) is 11.0. The van der Waals surface area contributed by atoms with Gasteiger partial charge in [0.2, 0.25) is 0 Å². The molecular weight excluding hydrogens is 662 g/mol. The third kappa shape index (κ3) is 11.7. The van der Waals surface area contributed by atoms with Crippen LogP contribution in [0.2, 0.25) is 0 Å². The predicted molar refractivity (Wildman–Crippen MR) is 177 cm³/mol. The van der Waals surface area contributed by atoms with Gasteiger partial charge in [-0.05, 0) is 56.2 Å². The molecule has 4 rings (SSSR count). The summed E-state index contributed by atoms with van der Waals surface area (Å²) in [6.45, 7) is 3.96. The van der Waals surface area contributed by atoms with Crippen LogP contribution >= 0.6 is 15.6 Å². The number of ether oxygens (including phenoxy) is 1. The van der Waals surface area contributed by atoms with Gasteiger partial charge in [0.15, 0.2) is 0 Å². The molecule has 0 fully saturated rings. The maximum Gasteiger partial charge on any atom is 0.513 e. The van der Waals surface area contributed by atoms with Crippen LogP contribution in [-0.4, -0.2) is 29.1 Å². The van der Waals surface area contributed by atoms with E-state index in [1.807, 2.05) is 36.4 Å². The van der Waals surface area contributed by atoms with Crippen molar-refractivity contribution in [2.24, 2.45) is 0 Å². The van der Waals surface area contributed by atoms with Gasteiger partial charge in [-0.15, -0.1) is 0 Å². The molecule has 1 unspecified atom stereocenters. The van der Waals surface area contributed by atoms with Gasteiger partial charge in [-0.2, -0.15) is 5.09 Å². The van der Waals surface area contributed by atoms with Gasteiger partial charge < -0.3 is 13.8 Å². The average molecular weight is 699 g/mol. The number of nitrogens with zero attached hydrogens (tertiary/aromatic N) is 1. The maximum absolute atomic E-state index is 13.9. The van der Waals surface area contributed by atoms with E-state index in [4.69, 9.17) is 27.4 Å². The number of carbonyl (C=O) groups excluding carboxylic acids is 1. The summed E-state index contributed by atoms with van der Waals surface area (Å²) < 4.78 is 61.6. The SMILES string of the molecule is C[C@H](NP(=O)(Oc1ccccc1)Oc1ccc([N+](=O)[O-])cc1)C(=O)OCC(C)(C)OP(=O)(OCc1ccccc1)OCc1ccccc1. The molecule has 0 radical (unpaired) electrons. The normalized spacial score (nSPS) is 13.6. The summed E-state index contributed by atoms with van der Waals surface area (Å²) in [6, 6.07) is 29.8. The van der Waals surface area contributed by atoms with Gasteiger partial charge in [-0.3, -0.25) is 28.5 Å². The van der Waals surface area contributed by atoms with Crippen LogP contribution in [0.1, 0.15) is 31.9 Å². The molecule has 4 aromatic rings. The van der Waals surface area contributed by atoms with Crippen LogP contribution in [0.15, 0.2) is 115 Å². The number of benzene rings is 4. The zero-order chi connectivity index (χ0) is 34.6. The molecule has 0 saturated carbocycles. The smallest absolute Gasteiger partial charge is 0.461 e. The number of rotatable bonds is 18. The third-order valence-electron chi connectivity index (χ3n) is 6.33. The molecule has 2 atom stereocenters. The number of nitrogens with one attached hydrogen (secondary N) is 1. The van der Waals surface area contributed by atoms with E-state index in [1.165, 1.54) is 43.3 Å². The van der Waals surface area contributed by atoms with Gasteiger partial charge in [0.25, 0.3) is 5.69 Å². The van der Waals surface area contributed by atoms with Crippen LogP contribution in [0, 0.1) is 10.1 Å². The van der Waals surface area contributed by atoms with Gasteiger partial charge in [-0.1, -0.05) is 78.9 Å². The zero-order valence-corrected chi connectivity index (χ0v) is 28.3. The minimum Gasteiger partial charge on any atom is -0.461 e. The lowest BCUT2D eigenvalue weighted by molar-refractivity contribution is -0.384. The van der Waals surface area contributed by atoms with Gasteiger partial charge in [-0.25, -0.2) is 9.13 Å². The second-order valence-corrected chi connectivity index (χ2v) is 14.2. The number of phosphoric acid groups is 1. The Morgan fingerprint density at radius 1 is 0.771 bits per heavy atom. The lowest BCUT2D eigenvalue weighted by atomic mass is 10.2. The van der Waals surface area contributed by atoms with Crippen molar-refractivity contribution >= 4 is 27.2 Å². The first-order valence-corrected chi connectivity index (χ1v) is 17.7. The molecule has 48 heavy (non-hydrogen) atoms. The Balaban J connectivity index is 1.42. The topological polar surface area (TPSA) is 162 Å². The van der Waals surface area contributed by atoms with Crippen LogP contribution in [0.3, 0.4) is 0 Å². The Hall–Kier alpha value is -4.35. The average Bonchev–Trinajstić information content (AvgIpc) is 3.07. The minimum atomic E-state index is -4.32. The van der Waals surface area contributed by atoms with Crippen molar-refractivity contribution in [3.8, 4) is 11.5 Å². The van der Waals surface area contributed by atoms with E-state index >= 15 is 0 Å². The third-order valence-corrected chi connectivity index (χ3v) is 9.55. The molecule has 0 aliphatic rings. The molecule has 0 heterocycles. The Bertz CT molecular complexity index is 1680. The lowest BCUT2D eigenvalue weighted by Gasteiger charge is -2.29. The predicted octanol–water partition coefficient (Wildman–Crippen LogP) is 8.02. The fourth-order valence-corrected chi connectivity index (χ4v) is 6.97.